The van der Waals surface area contributed by atoms with Crippen LogP contribution in [-0.4, -0.2) is 35.0 Å². The third-order valence-corrected chi connectivity index (χ3v) is 4.10. The lowest BCUT2D eigenvalue weighted by molar-refractivity contribution is -0.137. The molecule has 1 N–H and O–H groups in total. The second kappa shape index (κ2) is 7.36. The number of nitrogens with zero attached hydrogens (tertiary/aromatic N) is 1. The Morgan fingerprint density at radius 2 is 1.56 bits per heavy atom. The lowest BCUT2D eigenvalue weighted by atomic mass is 10.1. The zero-order valence-corrected chi connectivity index (χ0v) is 14.6. The van der Waals surface area contributed by atoms with Crippen LogP contribution in [0, 0.1) is 0 Å². The maximum absolute atomic E-state index is 12.5. The van der Waals surface area contributed by atoms with Crippen LogP contribution >= 0.6 is 12.2 Å². The van der Waals surface area contributed by atoms with Crippen molar-refractivity contribution in [1.82, 2.24) is 4.90 Å². The topological polar surface area (TPSA) is 58.6 Å². The zero-order valence-electron chi connectivity index (χ0n) is 13.7. The number of rotatable bonds is 4. The third kappa shape index (κ3) is 4.08. The number of imide groups is 1. The summed E-state index contributed by atoms with van der Waals surface area (Å²) in [7, 11) is 0. The van der Waals surface area contributed by atoms with E-state index in [4.69, 9.17) is 17.0 Å². The number of nitrogens with one attached hydrogen (secondary N) is 1. The number of anilines is 1. The van der Waals surface area contributed by atoms with Gasteiger partial charge in [0.05, 0.1) is 23.2 Å². The first kappa shape index (κ1) is 18.8. The Labute approximate surface area is 157 Å². The van der Waals surface area contributed by atoms with Crippen molar-refractivity contribution in [2.24, 2.45) is 0 Å². The van der Waals surface area contributed by atoms with E-state index in [1.807, 2.05) is 0 Å². The molecular formula is C18H13F3N2O3S. The smallest absolute Gasteiger partial charge is 0.416 e. The maximum Gasteiger partial charge on any atom is 0.416 e. The summed E-state index contributed by atoms with van der Waals surface area (Å²) in [6.45, 7) is -0.0425. The number of benzene rings is 2. The van der Waals surface area contributed by atoms with Gasteiger partial charge in [-0.05, 0) is 48.6 Å². The van der Waals surface area contributed by atoms with Gasteiger partial charge in [0.1, 0.15) is 6.61 Å². The highest BCUT2D eigenvalue weighted by molar-refractivity contribution is 7.80. The predicted molar refractivity (Wildman–Crippen MR) is 95.4 cm³/mol. The van der Waals surface area contributed by atoms with Gasteiger partial charge in [0, 0.05) is 5.69 Å². The molecule has 3 rings (SSSR count). The third-order valence-electron chi connectivity index (χ3n) is 3.88. The molecule has 1 aliphatic heterocycles. The van der Waals surface area contributed by atoms with E-state index in [-0.39, 0.29) is 18.3 Å². The number of halogens is 3. The number of thiocarbonyl (C=S) groups is 1. The van der Waals surface area contributed by atoms with Gasteiger partial charge >= 0.3 is 6.18 Å². The molecule has 0 saturated heterocycles. The van der Waals surface area contributed by atoms with E-state index in [1.54, 1.807) is 24.3 Å². The molecule has 0 spiro atoms. The van der Waals surface area contributed by atoms with Crippen molar-refractivity contribution in [1.29, 1.82) is 0 Å². The molecule has 0 fully saturated rings. The van der Waals surface area contributed by atoms with Crippen LogP contribution in [0.2, 0.25) is 0 Å². The van der Waals surface area contributed by atoms with E-state index in [9.17, 15) is 22.8 Å². The van der Waals surface area contributed by atoms with Crippen LogP contribution in [0.25, 0.3) is 0 Å². The molecule has 0 aromatic heterocycles. The van der Waals surface area contributed by atoms with Gasteiger partial charge in [-0.25, -0.2) is 0 Å². The van der Waals surface area contributed by atoms with E-state index in [0.29, 0.717) is 16.8 Å². The number of fused-ring (bicyclic) bond motifs is 1. The van der Waals surface area contributed by atoms with Gasteiger partial charge in [0.25, 0.3) is 17.0 Å². The van der Waals surface area contributed by atoms with Gasteiger partial charge in [0.2, 0.25) is 0 Å². The van der Waals surface area contributed by atoms with Crippen LogP contribution in [0.1, 0.15) is 26.3 Å². The molecule has 1 aliphatic rings. The summed E-state index contributed by atoms with van der Waals surface area (Å²) in [4.78, 5) is 25.5. The van der Waals surface area contributed by atoms with Gasteiger partial charge in [-0.3, -0.25) is 14.5 Å². The van der Waals surface area contributed by atoms with Crippen LogP contribution in [-0.2, 0) is 10.9 Å². The van der Waals surface area contributed by atoms with Gasteiger partial charge in [-0.1, -0.05) is 12.1 Å². The minimum absolute atomic E-state index is 0.00117. The number of amides is 2. The predicted octanol–water partition coefficient (Wildman–Crippen LogP) is 3.72. The Morgan fingerprint density at radius 3 is 2.07 bits per heavy atom. The number of ether oxygens (including phenoxy) is 1. The number of alkyl halides is 3. The molecule has 1 heterocycles. The molecule has 2 aromatic rings. The molecule has 0 bridgehead atoms. The van der Waals surface area contributed by atoms with Gasteiger partial charge < -0.3 is 10.1 Å². The Balaban J connectivity index is 1.51. The Morgan fingerprint density at radius 1 is 1.00 bits per heavy atom. The standard InChI is InChI=1S/C18H13F3N2O3S/c19-18(20,21)11-5-7-12(8-6-11)22-17(27)26-10-9-23-15(24)13-3-1-2-4-14(13)16(23)25/h1-8H,9-10H2,(H,22,27). The van der Waals surface area contributed by atoms with Crippen molar-refractivity contribution < 1.29 is 27.5 Å². The number of carbonyl (C=O) groups excluding carboxylic acids is 2. The molecule has 9 heteroatoms. The van der Waals surface area contributed by atoms with Crippen LogP contribution in [0.4, 0.5) is 18.9 Å². The van der Waals surface area contributed by atoms with Crippen LogP contribution in [0.15, 0.2) is 48.5 Å². The zero-order chi connectivity index (χ0) is 19.6. The SMILES string of the molecule is O=C1c2ccccc2C(=O)N1CCOC(=S)Nc1ccc(C(F)(F)F)cc1. The summed E-state index contributed by atoms with van der Waals surface area (Å²) in [6.07, 6.45) is -4.41. The Kier molecular flexibility index (Phi) is 5.13. The Bertz CT molecular complexity index is 862. The molecule has 5 nitrogen and oxygen atoms in total. The fraction of sp³-hybridized carbons (Fsp3) is 0.167. The molecular weight excluding hydrogens is 381 g/mol. The molecule has 0 unspecified atom stereocenters. The van der Waals surface area contributed by atoms with Crippen molar-refractivity contribution >= 4 is 34.9 Å². The summed E-state index contributed by atoms with van der Waals surface area (Å²) < 4.78 is 42.8. The second-order valence-electron chi connectivity index (χ2n) is 5.64. The molecule has 2 amide bonds. The fourth-order valence-corrected chi connectivity index (χ4v) is 2.77. The maximum atomic E-state index is 12.5. The summed E-state index contributed by atoms with van der Waals surface area (Å²) in [5, 5.41) is 2.56. The highest BCUT2D eigenvalue weighted by atomic mass is 32.1. The normalized spacial score (nSPS) is 13.5. The van der Waals surface area contributed by atoms with E-state index < -0.39 is 23.6 Å². The summed E-state index contributed by atoms with van der Waals surface area (Å²) >= 11 is 4.97. The van der Waals surface area contributed by atoms with Gasteiger partial charge in [-0.15, -0.1) is 0 Å². The molecule has 2 aromatic carbocycles. The quantitative estimate of drug-likeness (QED) is 0.633. The van der Waals surface area contributed by atoms with Crippen molar-refractivity contribution in [3.05, 3.63) is 65.2 Å². The number of hydrogen-bond donors (Lipinski definition) is 1. The lowest BCUT2D eigenvalue weighted by Gasteiger charge is -2.15. The second-order valence-corrected chi connectivity index (χ2v) is 6.01. The first-order chi connectivity index (χ1) is 12.8. The van der Waals surface area contributed by atoms with E-state index in [1.165, 1.54) is 12.1 Å². The monoisotopic (exact) mass is 394 g/mol. The summed E-state index contributed by atoms with van der Waals surface area (Å²) in [5.74, 6) is -0.804. The van der Waals surface area contributed by atoms with E-state index in [2.05, 4.69) is 5.32 Å². The molecule has 0 aliphatic carbocycles. The minimum Gasteiger partial charge on any atom is -0.469 e. The molecule has 0 saturated carbocycles. The van der Waals surface area contributed by atoms with Gasteiger partial charge in [-0.2, -0.15) is 13.2 Å². The summed E-state index contributed by atoms with van der Waals surface area (Å²) in [6, 6.07) is 10.8. The highest BCUT2D eigenvalue weighted by Gasteiger charge is 2.34. The molecule has 0 radical (unpaired) electrons. The Hall–Kier alpha value is -2.94. The van der Waals surface area contributed by atoms with Gasteiger partial charge in [0.15, 0.2) is 0 Å². The number of hydrogen-bond acceptors (Lipinski definition) is 4. The molecule has 140 valence electrons. The average Bonchev–Trinajstić information content (AvgIpc) is 2.87. The van der Waals surface area contributed by atoms with Crippen molar-refractivity contribution in [3.8, 4) is 0 Å². The van der Waals surface area contributed by atoms with Crippen LogP contribution in [0.3, 0.4) is 0 Å². The van der Waals surface area contributed by atoms with Crippen molar-refractivity contribution in [2.45, 2.75) is 6.18 Å². The summed E-state index contributed by atoms with van der Waals surface area (Å²) in [5.41, 5.74) is 0.236. The minimum atomic E-state index is -4.41. The van der Waals surface area contributed by atoms with Crippen LogP contribution < -0.4 is 5.32 Å². The molecule has 0 atom stereocenters. The highest BCUT2D eigenvalue weighted by Crippen LogP contribution is 2.29. The van der Waals surface area contributed by atoms with E-state index in [0.717, 1.165) is 17.0 Å². The van der Waals surface area contributed by atoms with Crippen LogP contribution in [0.5, 0.6) is 0 Å². The van der Waals surface area contributed by atoms with E-state index >= 15 is 0 Å². The van der Waals surface area contributed by atoms with Crippen molar-refractivity contribution in [3.63, 3.8) is 0 Å². The lowest BCUT2D eigenvalue weighted by Crippen LogP contribution is -2.33. The van der Waals surface area contributed by atoms with Crippen molar-refractivity contribution in [2.75, 3.05) is 18.5 Å². The molecule has 27 heavy (non-hydrogen) atoms. The largest absolute Gasteiger partial charge is 0.469 e. The average molecular weight is 394 g/mol. The first-order valence-corrected chi connectivity index (χ1v) is 8.24. The number of carbonyl (C=O) groups is 2. The fourth-order valence-electron chi connectivity index (χ4n) is 2.57. The first-order valence-electron chi connectivity index (χ1n) is 7.83.